The molecular formula is C33H33Cl2N3O5S. The van der Waals surface area contributed by atoms with Gasteiger partial charge in [-0.3, -0.25) is 13.9 Å². The van der Waals surface area contributed by atoms with Gasteiger partial charge in [0.15, 0.2) is 0 Å². The maximum absolute atomic E-state index is 14.1. The third-order valence-corrected chi connectivity index (χ3v) is 8.62. The number of carbonyl (C=O) groups is 2. The zero-order chi connectivity index (χ0) is 31.7. The van der Waals surface area contributed by atoms with Crippen LogP contribution >= 0.6 is 23.2 Å². The number of likely N-dealkylation sites (N-methyl/N-ethyl adjacent to an activating group) is 1. The lowest BCUT2D eigenvalue weighted by Crippen LogP contribution is -2.53. The Morgan fingerprint density at radius 2 is 1.43 bits per heavy atom. The second-order valence-corrected chi connectivity index (χ2v) is 12.8. The summed E-state index contributed by atoms with van der Waals surface area (Å²) in [6.45, 7) is 1.60. The van der Waals surface area contributed by atoms with Crippen molar-refractivity contribution in [1.82, 2.24) is 10.2 Å². The highest BCUT2D eigenvalue weighted by Crippen LogP contribution is 2.27. The molecule has 4 aromatic carbocycles. The average molecular weight is 655 g/mol. The van der Waals surface area contributed by atoms with Gasteiger partial charge in [0.25, 0.3) is 0 Å². The molecule has 0 aliphatic rings. The third-order valence-electron chi connectivity index (χ3n) is 6.74. The van der Waals surface area contributed by atoms with Crippen LogP contribution in [0.4, 0.5) is 5.69 Å². The van der Waals surface area contributed by atoms with Crippen LogP contribution in [0.25, 0.3) is 0 Å². The van der Waals surface area contributed by atoms with Crippen molar-refractivity contribution in [3.63, 3.8) is 0 Å². The summed E-state index contributed by atoms with van der Waals surface area (Å²) >= 11 is 12.4. The van der Waals surface area contributed by atoms with Crippen LogP contribution in [0.15, 0.2) is 103 Å². The molecular weight excluding hydrogens is 621 g/mol. The van der Waals surface area contributed by atoms with Crippen molar-refractivity contribution in [2.75, 3.05) is 23.7 Å². The molecule has 8 nitrogen and oxygen atoms in total. The highest BCUT2D eigenvalue weighted by Gasteiger charge is 2.33. The summed E-state index contributed by atoms with van der Waals surface area (Å²) in [5.41, 5.74) is 1.74. The van der Waals surface area contributed by atoms with Crippen molar-refractivity contribution in [2.24, 2.45) is 0 Å². The summed E-state index contributed by atoms with van der Waals surface area (Å²) in [6, 6.07) is 28.9. The molecule has 0 radical (unpaired) electrons. The lowest BCUT2D eigenvalue weighted by atomic mass is 10.0. The van der Waals surface area contributed by atoms with Crippen LogP contribution in [-0.2, 0) is 32.6 Å². The maximum atomic E-state index is 14.1. The van der Waals surface area contributed by atoms with E-state index in [-0.39, 0.29) is 24.6 Å². The van der Waals surface area contributed by atoms with Crippen LogP contribution in [0.2, 0.25) is 10.0 Å². The molecule has 11 heteroatoms. The Hall–Kier alpha value is -4.05. The normalized spacial score (nSPS) is 11.8. The first kappa shape index (κ1) is 32.9. The van der Waals surface area contributed by atoms with E-state index in [2.05, 4.69) is 5.32 Å². The molecule has 0 bridgehead atoms. The molecule has 2 amide bonds. The van der Waals surface area contributed by atoms with Crippen molar-refractivity contribution in [1.29, 1.82) is 0 Å². The second kappa shape index (κ2) is 15.1. The Bertz CT molecular complexity index is 1670. The topological polar surface area (TPSA) is 96.0 Å². The summed E-state index contributed by atoms with van der Waals surface area (Å²) < 4.78 is 32.9. The quantitative estimate of drug-likeness (QED) is 0.182. The number of nitrogens with zero attached hydrogens (tertiary/aromatic N) is 2. The number of amides is 2. The van der Waals surface area contributed by atoms with Crippen LogP contribution in [0, 0.1) is 0 Å². The Labute approximate surface area is 268 Å². The molecule has 1 N–H and O–H groups in total. The van der Waals surface area contributed by atoms with E-state index in [0.29, 0.717) is 33.7 Å². The van der Waals surface area contributed by atoms with Gasteiger partial charge in [0.1, 0.15) is 24.1 Å². The number of hydrogen-bond donors (Lipinski definition) is 1. The minimum Gasteiger partial charge on any atom is -0.457 e. The second-order valence-electron chi connectivity index (χ2n) is 10.0. The molecule has 0 aliphatic carbocycles. The maximum Gasteiger partial charge on any atom is 0.244 e. The SMILES string of the molecule is CCNC(=O)[C@H](Cc1ccccc1)N(Cc1ccc(Cl)c(Cl)c1)C(=O)CN(c1ccc(Oc2ccccc2)cc1)S(C)(=O)=O. The summed E-state index contributed by atoms with van der Waals surface area (Å²) in [7, 11) is -3.91. The first-order valence-corrected chi connectivity index (χ1v) is 16.5. The molecule has 0 saturated carbocycles. The highest BCUT2D eigenvalue weighted by molar-refractivity contribution is 7.92. The minimum atomic E-state index is -3.91. The third kappa shape index (κ3) is 8.98. The minimum absolute atomic E-state index is 0.00812. The van der Waals surface area contributed by atoms with Crippen molar-refractivity contribution in [3.8, 4) is 11.5 Å². The van der Waals surface area contributed by atoms with Gasteiger partial charge in [0.05, 0.1) is 22.0 Å². The number of para-hydroxylation sites is 1. The van der Waals surface area contributed by atoms with Crippen molar-refractivity contribution < 1.29 is 22.7 Å². The van der Waals surface area contributed by atoms with Crippen LogP contribution in [0.5, 0.6) is 11.5 Å². The molecule has 0 aliphatic heterocycles. The van der Waals surface area contributed by atoms with Crippen molar-refractivity contribution in [2.45, 2.75) is 25.9 Å². The number of rotatable bonds is 13. The number of sulfonamides is 1. The van der Waals surface area contributed by atoms with Gasteiger partial charge in [-0.25, -0.2) is 8.42 Å². The summed E-state index contributed by atoms with van der Waals surface area (Å²) in [4.78, 5) is 29.0. The number of halogens is 2. The van der Waals surface area contributed by atoms with E-state index in [1.807, 2.05) is 48.5 Å². The fraction of sp³-hybridized carbons (Fsp3) is 0.212. The molecule has 0 fully saturated rings. The Morgan fingerprint density at radius 1 is 0.818 bits per heavy atom. The van der Waals surface area contributed by atoms with Crippen molar-refractivity contribution in [3.05, 3.63) is 124 Å². The number of nitrogens with one attached hydrogen (secondary N) is 1. The number of hydrogen-bond acceptors (Lipinski definition) is 5. The molecule has 0 spiro atoms. The first-order valence-electron chi connectivity index (χ1n) is 13.9. The van der Waals surface area contributed by atoms with Crippen LogP contribution in [0.1, 0.15) is 18.1 Å². The molecule has 44 heavy (non-hydrogen) atoms. The monoisotopic (exact) mass is 653 g/mol. The Morgan fingerprint density at radius 3 is 2.02 bits per heavy atom. The number of benzene rings is 4. The molecule has 0 aromatic heterocycles. The predicted octanol–water partition coefficient (Wildman–Crippen LogP) is 6.33. The van der Waals surface area contributed by atoms with Crippen LogP contribution < -0.4 is 14.4 Å². The first-order chi connectivity index (χ1) is 21.0. The molecule has 230 valence electrons. The number of carbonyl (C=O) groups excluding carboxylic acids is 2. The predicted molar refractivity (Wildman–Crippen MR) is 175 cm³/mol. The standard InChI is InChI=1S/C33H33Cl2N3O5S/c1-3-36-33(40)31(21-24-10-6-4-7-11-24)37(22-25-14-19-29(34)30(35)20-25)32(39)23-38(44(2,41)42)26-15-17-28(18-16-26)43-27-12-8-5-9-13-27/h4-20,31H,3,21-23H2,1-2H3,(H,36,40)/t31-/m0/s1. The van der Waals surface area contributed by atoms with Gasteiger partial charge >= 0.3 is 0 Å². The fourth-order valence-corrected chi connectivity index (χ4v) is 5.77. The van der Waals surface area contributed by atoms with E-state index in [1.54, 1.807) is 61.5 Å². The smallest absolute Gasteiger partial charge is 0.244 e. The zero-order valence-electron chi connectivity index (χ0n) is 24.3. The Kier molecular flexibility index (Phi) is 11.3. The molecule has 4 aromatic rings. The van der Waals surface area contributed by atoms with Gasteiger partial charge in [-0.2, -0.15) is 0 Å². The molecule has 0 unspecified atom stereocenters. The summed E-state index contributed by atoms with van der Waals surface area (Å²) in [5.74, 6) is 0.194. The molecule has 1 atom stereocenters. The number of ether oxygens (including phenoxy) is 1. The van der Waals surface area contributed by atoms with Gasteiger partial charge in [0, 0.05) is 19.5 Å². The van der Waals surface area contributed by atoms with E-state index in [1.165, 1.54) is 4.90 Å². The molecule has 4 rings (SSSR count). The summed E-state index contributed by atoms with van der Waals surface area (Å²) in [6.07, 6.45) is 1.24. The van der Waals surface area contributed by atoms with Crippen molar-refractivity contribution >= 4 is 50.7 Å². The van der Waals surface area contributed by atoms with E-state index in [9.17, 15) is 18.0 Å². The van der Waals surface area contributed by atoms with Gasteiger partial charge in [-0.1, -0.05) is 77.8 Å². The van der Waals surface area contributed by atoms with E-state index >= 15 is 0 Å². The average Bonchev–Trinajstić information content (AvgIpc) is 3.00. The van der Waals surface area contributed by atoms with Gasteiger partial charge < -0.3 is 15.0 Å². The lowest BCUT2D eigenvalue weighted by molar-refractivity contribution is -0.140. The van der Waals surface area contributed by atoms with E-state index < -0.39 is 28.5 Å². The summed E-state index contributed by atoms with van der Waals surface area (Å²) in [5, 5.41) is 3.47. The molecule has 0 heterocycles. The largest absolute Gasteiger partial charge is 0.457 e. The number of anilines is 1. The van der Waals surface area contributed by atoms with E-state index in [4.69, 9.17) is 27.9 Å². The highest BCUT2D eigenvalue weighted by atomic mass is 35.5. The van der Waals surface area contributed by atoms with Gasteiger partial charge in [-0.15, -0.1) is 0 Å². The Balaban J connectivity index is 1.67. The van der Waals surface area contributed by atoms with Gasteiger partial charge in [-0.05, 0) is 66.6 Å². The fourth-order valence-electron chi connectivity index (χ4n) is 4.60. The molecule has 0 saturated heterocycles. The zero-order valence-corrected chi connectivity index (χ0v) is 26.6. The van der Waals surface area contributed by atoms with E-state index in [0.717, 1.165) is 16.1 Å². The van der Waals surface area contributed by atoms with Crippen LogP contribution in [-0.4, -0.2) is 50.5 Å². The van der Waals surface area contributed by atoms with Gasteiger partial charge in [0.2, 0.25) is 21.8 Å². The lowest BCUT2D eigenvalue weighted by Gasteiger charge is -2.33. The van der Waals surface area contributed by atoms with Crippen LogP contribution in [0.3, 0.4) is 0 Å².